The number of rotatable bonds is 7. The van der Waals surface area contributed by atoms with Crippen molar-refractivity contribution in [2.24, 2.45) is 7.05 Å². The highest BCUT2D eigenvalue weighted by molar-refractivity contribution is 5.70. The van der Waals surface area contributed by atoms with Crippen molar-refractivity contribution in [3.05, 3.63) is 64.5 Å². The van der Waals surface area contributed by atoms with Crippen molar-refractivity contribution in [1.29, 1.82) is 0 Å². The molecule has 2 heterocycles. The van der Waals surface area contributed by atoms with Crippen LogP contribution in [0.2, 0.25) is 0 Å². The number of benzene rings is 1. The maximum Gasteiger partial charge on any atom is 0.419 e. The van der Waals surface area contributed by atoms with E-state index >= 15 is 0 Å². The zero-order valence-corrected chi connectivity index (χ0v) is 16.1. The van der Waals surface area contributed by atoms with Crippen molar-refractivity contribution in [1.82, 2.24) is 14.8 Å². The van der Waals surface area contributed by atoms with Crippen molar-refractivity contribution in [3.8, 4) is 0 Å². The summed E-state index contributed by atoms with van der Waals surface area (Å²) in [5.41, 5.74) is -0.710. The number of nitrogens with zero attached hydrogens (tertiary/aromatic N) is 4. The van der Waals surface area contributed by atoms with Gasteiger partial charge in [0.2, 0.25) is 0 Å². The van der Waals surface area contributed by atoms with Gasteiger partial charge in [0.15, 0.2) is 0 Å². The van der Waals surface area contributed by atoms with E-state index in [1.54, 1.807) is 13.1 Å². The minimum Gasteiger partial charge on any atom is -0.661 e. The molecule has 30 heavy (non-hydrogen) atoms. The molecule has 1 aromatic carbocycles. The van der Waals surface area contributed by atoms with Crippen molar-refractivity contribution in [2.45, 2.75) is 19.3 Å². The van der Waals surface area contributed by atoms with Gasteiger partial charge >= 0.3 is 6.18 Å². The molecule has 0 saturated carbocycles. The molecule has 0 aliphatic rings. The SMILES string of the molecule is C[N-]Cc1cccc(F)c1Nc1cc(Nc2cc(CO)nn2C)ncc1C(F)(F)F. The van der Waals surface area contributed by atoms with Crippen LogP contribution in [0.25, 0.3) is 5.32 Å². The second-order valence-corrected chi connectivity index (χ2v) is 6.41. The molecule has 7 nitrogen and oxygen atoms in total. The van der Waals surface area contributed by atoms with Gasteiger partial charge in [0, 0.05) is 25.4 Å². The van der Waals surface area contributed by atoms with Crippen LogP contribution in [0, 0.1) is 5.82 Å². The summed E-state index contributed by atoms with van der Waals surface area (Å²) in [6, 6.07) is 6.86. The number of halogens is 4. The summed E-state index contributed by atoms with van der Waals surface area (Å²) in [4.78, 5) is 3.81. The second kappa shape index (κ2) is 8.67. The van der Waals surface area contributed by atoms with Crippen molar-refractivity contribution in [2.75, 3.05) is 17.7 Å². The van der Waals surface area contributed by atoms with Crippen molar-refractivity contribution < 1.29 is 22.7 Å². The van der Waals surface area contributed by atoms with Gasteiger partial charge in [-0.05, 0) is 11.6 Å². The number of nitrogens with one attached hydrogen (secondary N) is 2. The van der Waals surface area contributed by atoms with Crippen LogP contribution in [-0.4, -0.2) is 26.9 Å². The van der Waals surface area contributed by atoms with E-state index in [1.165, 1.54) is 23.9 Å². The van der Waals surface area contributed by atoms with Gasteiger partial charge in [-0.2, -0.15) is 25.3 Å². The molecule has 3 rings (SSSR count). The molecule has 0 unspecified atom stereocenters. The average Bonchev–Trinajstić information content (AvgIpc) is 3.03. The van der Waals surface area contributed by atoms with Crippen LogP contribution in [-0.2, 0) is 26.4 Å². The Labute approximate surface area is 169 Å². The van der Waals surface area contributed by atoms with Gasteiger partial charge in [-0.15, -0.1) is 6.54 Å². The molecule has 0 bridgehead atoms. The van der Waals surface area contributed by atoms with Crippen molar-refractivity contribution >= 4 is 23.0 Å². The van der Waals surface area contributed by atoms with Crippen LogP contribution < -0.4 is 10.6 Å². The predicted octanol–water partition coefficient (Wildman–Crippen LogP) is 4.46. The molecular formula is C19H19F4N6O-. The Balaban J connectivity index is 2.02. The van der Waals surface area contributed by atoms with E-state index in [4.69, 9.17) is 0 Å². The van der Waals surface area contributed by atoms with Gasteiger partial charge in [-0.25, -0.2) is 9.37 Å². The number of hydrogen-bond donors (Lipinski definition) is 3. The van der Waals surface area contributed by atoms with E-state index in [2.05, 4.69) is 26.0 Å². The number of pyridine rings is 1. The molecule has 0 radical (unpaired) electrons. The van der Waals surface area contributed by atoms with Crippen LogP contribution >= 0.6 is 0 Å². The van der Waals surface area contributed by atoms with E-state index < -0.39 is 17.6 Å². The molecule has 11 heteroatoms. The lowest BCUT2D eigenvalue weighted by Gasteiger charge is -2.20. The Morgan fingerprint density at radius 2 is 1.97 bits per heavy atom. The Hall–Kier alpha value is -3.18. The number of aliphatic hydroxyl groups excluding tert-OH is 1. The molecule has 2 aromatic heterocycles. The van der Waals surface area contributed by atoms with Crippen LogP contribution in [0.5, 0.6) is 0 Å². The van der Waals surface area contributed by atoms with Gasteiger partial charge in [0.05, 0.1) is 29.2 Å². The van der Waals surface area contributed by atoms with Crippen molar-refractivity contribution in [3.63, 3.8) is 0 Å². The minimum absolute atomic E-state index is 0.0797. The molecule has 0 amide bonds. The van der Waals surface area contributed by atoms with Gasteiger partial charge in [-0.1, -0.05) is 12.1 Å². The normalized spacial score (nSPS) is 11.6. The zero-order valence-electron chi connectivity index (χ0n) is 16.1. The number of para-hydroxylation sites is 1. The number of aryl methyl sites for hydroxylation is 1. The molecule has 0 atom stereocenters. The Morgan fingerprint density at radius 3 is 2.60 bits per heavy atom. The lowest BCUT2D eigenvalue weighted by Crippen LogP contribution is -2.12. The molecule has 0 aliphatic heterocycles. The topological polar surface area (TPSA) is 89.1 Å². The lowest BCUT2D eigenvalue weighted by molar-refractivity contribution is -0.137. The second-order valence-electron chi connectivity index (χ2n) is 6.41. The molecule has 0 fully saturated rings. The average molecular weight is 423 g/mol. The smallest absolute Gasteiger partial charge is 0.419 e. The molecule has 0 spiro atoms. The Morgan fingerprint density at radius 1 is 1.20 bits per heavy atom. The highest BCUT2D eigenvalue weighted by Crippen LogP contribution is 2.38. The van der Waals surface area contributed by atoms with Crippen LogP contribution in [0.15, 0.2) is 36.5 Å². The largest absolute Gasteiger partial charge is 0.661 e. The molecule has 0 aliphatic carbocycles. The van der Waals surface area contributed by atoms with Crippen LogP contribution in [0.1, 0.15) is 16.8 Å². The summed E-state index contributed by atoms with van der Waals surface area (Å²) in [5, 5.41) is 22.5. The molecule has 3 aromatic rings. The number of alkyl halides is 3. The van der Waals surface area contributed by atoms with Gasteiger partial charge in [0.25, 0.3) is 0 Å². The van der Waals surface area contributed by atoms with E-state index in [-0.39, 0.29) is 30.3 Å². The molecule has 3 N–H and O–H groups in total. The van der Waals surface area contributed by atoms with Gasteiger partial charge < -0.3 is 21.1 Å². The molecular weight excluding hydrogens is 404 g/mol. The standard InChI is InChI=1S/C19H19F4N6O/c1-24-8-11-4-3-5-14(20)18(11)26-15-7-16(25-9-13(15)19(21,22)23)27-17-6-12(10-30)28-29(17)2/h3-7,9,30H,8,10H2,1-2H3,(H2,25,26,27)/q-1. The van der Waals surface area contributed by atoms with Gasteiger partial charge in [-0.3, -0.25) is 4.68 Å². The summed E-state index contributed by atoms with van der Waals surface area (Å²) in [5.74, 6) is -0.209. The fourth-order valence-electron chi connectivity index (χ4n) is 2.85. The first kappa shape index (κ1) is 21.5. The van der Waals surface area contributed by atoms with E-state index in [9.17, 15) is 22.7 Å². The quantitative estimate of drug-likeness (QED) is 0.489. The summed E-state index contributed by atoms with van der Waals surface area (Å²) in [6.45, 7) is -0.155. The zero-order chi connectivity index (χ0) is 21.9. The maximum absolute atomic E-state index is 14.4. The molecule has 0 saturated heterocycles. The predicted molar refractivity (Wildman–Crippen MR) is 104 cm³/mol. The summed E-state index contributed by atoms with van der Waals surface area (Å²) >= 11 is 0. The van der Waals surface area contributed by atoms with E-state index in [0.717, 1.165) is 12.1 Å². The number of aromatic nitrogens is 3. The highest BCUT2D eigenvalue weighted by atomic mass is 19.4. The van der Waals surface area contributed by atoms with E-state index in [1.807, 2.05) is 0 Å². The first-order chi connectivity index (χ1) is 14.2. The first-order valence-corrected chi connectivity index (χ1v) is 8.81. The number of hydrogen-bond acceptors (Lipinski definition) is 5. The third-order valence-corrected chi connectivity index (χ3v) is 4.25. The van der Waals surface area contributed by atoms with Crippen LogP contribution in [0.4, 0.5) is 40.6 Å². The summed E-state index contributed by atoms with van der Waals surface area (Å²) < 4.78 is 56.3. The third-order valence-electron chi connectivity index (χ3n) is 4.25. The summed E-state index contributed by atoms with van der Waals surface area (Å²) in [7, 11) is 3.13. The maximum atomic E-state index is 14.4. The first-order valence-electron chi connectivity index (χ1n) is 8.81. The van der Waals surface area contributed by atoms with Gasteiger partial charge in [0.1, 0.15) is 17.5 Å². The monoisotopic (exact) mass is 423 g/mol. The Bertz CT molecular complexity index is 1030. The Kier molecular flexibility index (Phi) is 6.22. The molecule has 160 valence electrons. The third kappa shape index (κ3) is 4.69. The lowest BCUT2D eigenvalue weighted by atomic mass is 10.1. The minimum atomic E-state index is -4.70. The highest BCUT2D eigenvalue weighted by Gasteiger charge is 2.34. The fourth-order valence-corrected chi connectivity index (χ4v) is 2.85. The van der Waals surface area contributed by atoms with E-state index in [0.29, 0.717) is 23.3 Å². The fraction of sp³-hybridized carbons (Fsp3) is 0.263. The number of aliphatic hydroxyl groups is 1. The number of anilines is 4. The van der Waals surface area contributed by atoms with Crippen LogP contribution in [0.3, 0.4) is 0 Å². The summed E-state index contributed by atoms with van der Waals surface area (Å²) in [6.07, 6.45) is -4.04.